The van der Waals surface area contributed by atoms with Crippen molar-refractivity contribution in [1.82, 2.24) is 10.2 Å². The number of carbonyl (C=O) groups is 2. The Morgan fingerprint density at radius 3 is 2.71 bits per heavy atom. The molecule has 8 heteroatoms. The van der Waals surface area contributed by atoms with Crippen molar-refractivity contribution < 1.29 is 19.4 Å². The summed E-state index contributed by atoms with van der Waals surface area (Å²) in [6.45, 7) is -0.492. The van der Waals surface area contributed by atoms with Crippen molar-refractivity contribution in [3.05, 3.63) is 47.2 Å². The van der Waals surface area contributed by atoms with Gasteiger partial charge in [-0.2, -0.15) is 10.2 Å². The summed E-state index contributed by atoms with van der Waals surface area (Å²) in [6, 6.07) is 6.01. The number of nitrogens with one attached hydrogen (secondary N) is 1. The van der Waals surface area contributed by atoms with Crippen molar-refractivity contribution in [2.75, 3.05) is 11.9 Å². The Morgan fingerprint density at radius 1 is 1.29 bits per heavy atom. The van der Waals surface area contributed by atoms with Gasteiger partial charge in [0.1, 0.15) is 5.75 Å². The fourth-order valence-electron chi connectivity index (χ4n) is 1.46. The van der Waals surface area contributed by atoms with Crippen LogP contribution >= 0.6 is 11.6 Å². The number of carboxylic acids is 1. The highest BCUT2D eigenvalue weighted by molar-refractivity contribution is 6.32. The molecular formula is C13H10ClN3O4. The molecule has 1 heterocycles. The first-order valence-electron chi connectivity index (χ1n) is 5.78. The second-order valence-electron chi connectivity index (χ2n) is 3.91. The number of hydrogen-bond acceptors (Lipinski definition) is 5. The summed E-state index contributed by atoms with van der Waals surface area (Å²) in [5.74, 6) is -1.24. The van der Waals surface area contributed by atoms with Crippen LogP contribution < -0.4 is 10.1 Å². The van der Waals surface area contributed by atoms with Crippen LogP contribution in [0.2, 0.25) is 5.02 Å². The van der Waals surface area contributed by atoms with Crippen LogP contribution in [-0.4, -0.2) is 33.8 Å². The van der Waals surface area contributed by atoms with Gasteiger partial charge in [0, 0.05) is 5.69 Å². The number of anilines is 1. The molecule has 7 nitrogen and oxygen atoms in total. The fourth-order valence-corrected chi connectivity index (χ4v) is 1.70. The molecule has 2 aromatic rings. The molecule has 0 atom stereocenters. The smallest absolute Gasteiger partial charge is 0.341 e. The quantitative estimate of drug-likeness (QED) is 0.874. The molecule has 0 radical (unpaired) electrons. The third-order valence-corrected chi connectivity index (χ3v) is 2.68. The van der Waals surface area contributed by atoms with E-state index in [0.29, 0.717) is 11.3 Å². The minimum atomic E-state index is -1.10. The van der Waals surface area contributed by atoms with Gasteiger partial charge in [0.15, 0.2) is 6.61 Å². The topological polar surface area (TPSA) is 101 Å². The first kappa shape index (κ1) is 14.7. The van der Waals surface area contributed by atoms with E-state index < -0.39 is 12.6 Å². The zero-order valence-electron chi connectivity index (χ0n) is 10.6. The standard InChI is InChI=1S/C13H10ClN3O4/c14-10-5-9(1-2-11(10)21-7-12(18)19)17-13(20)8-3-4-15-16-6-8/h1-6H,7H2,(H,17,20)(H,18,19). The highest BCUT2D eigenvalue weighted by Gasteiger charge is 2.09. The van der Waals surface area contributed by atoms with Crippen LogP contribution in [0.4, 0.5) is 5.69 Å². The number of rotatable bonds is 5. The highest BCUT2D eigenvalue weighted by atomic mass is 35.5. The van der Waals surface area contributed by atoms with Crippen LogP contribution in [0, 0.1) is 0 Å². The van der Waals surface area contributed by atoms with Crippen molar-refractivity contribution in [2.45, 2.75) is 0 Å². The monoisotopic (exact) mass is 307 g/mol. The predicted octanol–water partition coefficient (Wildman–Crippen LogP) is 1.85. The number of aliphatic carboxylic acids is 1. The van der Waals surface area contributed by atoms with Crippen LogP contribution in [0.5, 0.6) is 5.75 Å². The van der Waals surface area contributed by atoms with E-state index in [9.17, 15) is 9.59 Å². The zero-order valence-corrected chi connectivity index (χ0v) is 11.4. The van der Waals surface area contributed by atoms with Gasteiger partial charge in [-0.1, -0.05) is 11.6 Å². The van der Waals surface area contributed by atoms with E-state index in [2.05, 4.69) is 15.5 Å². The van der Waals surface area contributed by atoms with Gasteiger partial charge in [0.2, 0.25) is 0 Å². The van der Waals surface area contributed by atoms with Crippen LogP contribution in [0.1, 0.15) is 10.4 Å². The Kier molecular flexibility index (Phi) is 4.68. The fraction of sp³-hybridized carbons (Fsp3) is 0.0769. The predicted molar refractivity (Wildman–Crippen MR) is 74.6 cm³/mol. The molecule has 0 aliphatic rings. The van der Waals surface area contributed by atoms with Gasteiger partial charge in [0.05, 0.1) is 23.0 Å². The molecule has 1 aromatic carbocycles. The largest absolute Gasteiger partial charge is 0.480 e. The Balaban J connectivity index is 2.06. The van der Waals surface area contributed by atoms with E-state index in [1.54, 1.807) is 6.07 Å². The SMILES string of the molecule is O=C(O)COc1ccc(NC(=O)c2ccnnc2)cc1Cl. The number of benzene rings is 1. The van der Waals surface area contributed by atoms with E-state index in [-0.39, 0.29) is 16.7 Å². The summed E-state index contributed by atoms with van der Waals surface area (Å²) >= 11 is 5.95. The zero-order chi connectivity index (χ0) is 15.2. The van der Waals surface area contributed by atoms with Crippen LogP contribution in [0.15, 0.2) is 36.7 Å². The van der Waals surface area contributed by atoms with Crippen molar-refractivity contribution in [3.8, 4) is 5.75 Å². The van der Waals surface area contributed by atoms with Crippen molar-refractivity contribution in [3.63, 3.8) is 0 Å². The number of hydrogen-bond donors (Lipinski definition) is 2. The number of nitrogens with zero attached hydrogens (tertiary/aromatic N) is 2. The van der Waals surface area contributed by atoms with Gasteiger partial charge >= 0.3 is 5.97 Å². The summed E-state index contributed by atoms with van der Waals surface area (Å²) in [5, 5.41) is 18.5. The van der Waals surface area contributed by atoms with Gasteiger partial charge in [-0.3, -0.25) is 4.79 Å². The van der Waals surface area contributed by atoms with Gasteiger partial charge < -0.3 is 15.2 Å². The van der Waals surface area contributed by atoms with Crippen molar-refractivity contribution in [1.29, 1.82) is 0 Å². The normalized spacial score (nSPS) is 9.95. The molecule has 0 spiro atoms. The molecular weight excluding hydrogens is 298 g/mol. The first-order valence-corrected chi connectivity index (χ1v) is 6.16. The second kappa shape index (κ2) is 6.67. The van der Waals surface area contributed by atoms with E-state index in [1.165, 1.54) is 30.6 Å². The minimum absolute atomic E-state index is 0.196. The number of ether oxygens (including phenoxy) is 1. The lowest BCUT2D eigenvalue weighted by Gasteiger charge is -2.09. The van der Waals surface area contributed by atoms with Gasteiger partial charge in [-0.15, -0.1) is 0 Å². The Hall–Kier alpha value is -2.67. The Labute approximate surface area is 124 Å². The van der Waals surface area contributed by atoms with Gasteiger partial charge in [0.25, 0.3) is 5.91 Å². The minimum Gasteiger partial charge on any atom is -0.480 e. The molecule has 0 bridgehead atoms. The van der Waals surface area contributed by atoms with Gasteiger partial charge in [-0.25, -0.2) is 4.79 Å². The average molecular weight is 308 g/mol. The lowest BCUT2D eigenvalue weighted by atomic mass is 10.2. The summed E-state index contributed by atoms with van der Waals surface area (Å²) < 4.78 is 4.98. The molecule has 108 valence electrons. The van der Waals surface area contributed by atoms with E-state index >= 15 is 0 Å². The molecule has 21 heavy (non-hydrogen) atoms. The molecule has 0 unspecified atom stereocenters. The maximum atomic E-state index is 11.9. The Bertz CT molecular complexity index is 664. The van der Waals surface area contributed by atoms with Gasteiger partial charge in [-0.05, 0) is 24.3 Å². The van der Waals surface area contributed by atoms with Crippen molar-refractivity contribution in [2.24, 2.45) is 0 Å². The third-order valence-electron chi connectivity index (χ3n) is 2.39. The molecule has 0 aliphatic carbocycles. The average Bonchev–Trinajstić information content (AvgIpc) is 2.47. The molecule has 0 saturated carbocycles. The molecule has 2 N–H and O–H groups in total. The number of carboxylic acid groups (broad SMARTS) is 1. The van der Waals surface area contributed by atoms with Crippen LogP contribution in [-0.2, 0) is 4.79 Å². The molecule has 2 rings (SSSR count). The number of amides is 1. The number of halogens is 1. The summed E-state index contributed by atoms with van der Waals surface area (Å²) in [5.41, 5.74) is 0.803. The number of carbonyl (C=O) groups excluding carboxylic acids is 1. The van der Waals surface area contributed by atoms with Crippen molar-refractivity contribution >= 4 is 29.2 Å². The number of aromatic nitrogens is 2. The summed E-state index contributed by atoms with van der Waals surface area (Å²) in [6.07, 6.45) is 2.74. The molecule has 1 aromatic heterocycles. The molecule has 0 aliphatic heterocycles. The van der Waals surface area contributed by atoms with E-state index in [4.69, 9.17) is 21.4 Å². The second-order valence-corrected chi connectivity index (χ2v) is 4.32. The van der Waals surface area contributed by atoms with Crippen LogP contribution in [0.25, 0.3) is 0 Å². The van der Waals surface area contributed by atoms with E-state index in [1.807, 2.05) is 0 Å². The highest BCUT2D eigenvalue weighted by Crippen LogP contribution is 2.27. The summed E-state index contributed by atoms with van der Waals surface area (Å²) in [7, 11) is 0. The van der Waals surface area contributed by atoms with Crippen LogP contribution in [0.3, 0.4) is 0 Å². The third kappa shape index (κ3) is 4.15. The summed E-state index contributed by atoms with van der Waals surface area (Å²) in [4.78, 5) is 22.3. The first-order chi connectivity index (χ1) is 10.1. The molecule has 0 saturated heterocycles. The van der Waals surface area contributed by atoms with E-state index in [0.717, 1.165) is 0 Å². The molecule has 0 fully saturated rings. The maximum absolute atomic E-state index is 11.9. The molecule has 1 amide bonds. The lowest BCUT2D eigenvalue weighted by Crippen LogP contribution is -2.12. The lowest BCUT2D eigenvalue weighted by molar-refractivity contribution is -0.139. The Morgan fingerprint density at radius 2 is 2.10 bits per heavy atom. The maximum Gasteiger partial charge on any atom is 0.341 e.